The monoisotopic (exact) mass is 1830 g/mol. The third-order valence-electron chi connectivity index (χ3n) is 29.3. The van der Waals surface area contributed by atoms with E-state index in [1.54, 1.807) is 41.8 Å². The van der Waals surface area contributed by atoms with Gasteiger partial charge in [-0.15, -0.1) is 0 Å². The molecule has 5 saturated carbocycles. The summed E-state index contributed by atoms with van der Waals surface area (Å²) in [6.07, 6.45) is 29.8. The van der Waals surface area contributed by atoms with Crippen LogP contribution in [0, 0.1) is 71.0 Å². The second-order valence-electron chi connectivity index (χ2n) is 40.0. The lowest BCUT2D eigenvalue weighted by Crippen LogP contribution is -2.56. The van der Waals surface area contributed by atoms with Crippen molar-refractivity contribution in [2.45, 2.75) is 312 Å². The highest BCUT2D eigenvalue weighted by molar-refractivity contribution is 6.64. The van der Waals surface area contributed by atoms with Crippen LogP contribution in [0.4, 0.5) is 22.7 Å². The first-order chi connectivity index (χ1) is 63.2. The number of nitrogens with zero attached hydrogens (tertiary/aromatic N) is 5. The van der Waals surface area contributed by atoms with Gasteiger partial charge < -0.3 is 76.5 Å². The van der Waals surface area contributed by atoms with Gasteiger partial charge in [0.1, 0.15) is 24.2 Å². The average molecular weight is 1830 g/mol. The summed E-state index contributed by atoms with van der Waals surface area (Å²) in [5.74, 6) is 0.310. The maximum Gasteiger partial charge on any atom is 0.496 e. The number of aliphatic carboxylic acids is 3. The molecule has 0 radical (unpaired) electrons. The number of nitrogens with one attached hydrogen (secondary N) is 6. The van der Waals surface area contributed by atoms with Crippen molar-refractivity contribution < 1.29 is 77.1 Å². The van der Waals surface area contributed by atoms with Gasteiger partial charge in [0.2, 0.25) is 35.4 Å². The molecule has 2 aromatic heterocycles. The molecule has 14 atom stereocenters. The van der Waals surface area contributed by atoms with Crippen LogP contribution in [0.2, 0.25) is 0 Å². The van der Waals surface area contributed by atoms with Crippen LogP contribution < -0.4 is 48.6 Å². The molecule has 0 spiro atoms. The molecule has 5 aliphatic carbocycles. The highest BCUT2D eigenvalue weighted by atomic mass is 16.7. The van der Waals surface area contributed by atoms with Crippen molar-refractivity contribution in [2.75, 3.05) is 34.8 Å². The van der Waals surface area contributed by atoms with Crippen LogP contribution in [-0.4, -0.2) is 167 Å². The molecule has 9 aliphatic rings. The number of nitrogens with two attached hydrogens (primary N) is 1. The molecule has 6 aromatic rings. The van der Waals surface area contributed by atoms with E-state index in [1.165, 1.54) is 6.42 Å². The number of amides is 6. The van der Waals surface area contributed by atoms with Crippen molar-refractivity contribution in [2.24, 2.45) is 71.0 Å². The third kappa shape index (κ3) is 29.3. The van der Waals surface area contributed by atoms with E-state index in [1.807, 2.05) is 201 Å². The molecule has 0 unspecified atom stereocenters. The number of para-hydroxylation sites is 4. The molecule has 15 rings (SSSR count). The summed E-state index contributed by atoms with van der Waals surface area (Å²) in [6, 6.07) is 31.9. The Hall–Kier alpha value is -10.0. The van der Waals surface area contributed by atoms with Gasteiger partial charge in [0.05, 0.1) is 39.7 Å². The SMILES string of the molecule is CC1(C)OB(c2ccccc2N)OC1(C)C.CC[C@@H](C)C(=O)N[C@H](C(=O)N1CC[C@H](C)[C@H]1C(=O)Nc1ccccc1-c1ncccn1)C1CCCCC1.CC[C@@H](C)C(=O)N[C@H](C(=O)O)C1CCCCC1.C[C@H]1CCC[C@@H]1C(=O)Nc1ccccc1-c1ncccn1.C[C@H]1CCC[C@@H]1C(=O)Nc1ccccc1B1OC(C)(C)C(C)(C)O1.C[C@H]1CCC[C@@H]1C(=O)O.C[C@H]1CCN[C@@H]1C(=O)O. The molecule has 6 amide bonds. The number of anilines is 4. The number of carboxylic acid groups (broad SMARTS) is 3. The number of hydrogen-bond acceptors (Lipinski definition) is 19. The summed E-state index contributed by atoms with van der Waals surface area (Å²) in [7, 11) is -0.835. The number of aromatic nitrogens is 4. The van der Waals surface area contributed by atoms with Crippen LogP contribution >= 0.6 is 0 Å². The Labute approximate surface area is 789 Å². The highest BCUT2D eigenvalue weighted by Gasteiger charge is 2.54. The van der Waals surface area contributed by atoms with Crippen LogP contribution in [0.25, 0.3) is 22.8 Å². The Balaban J connectivity index is 0.000000183. The van der Waals surface area contributed by atoms with Crippen molar-refractivity contribution in [1.29, 1.82) is 0 Å². The van der Waals surface area contributed by atoms with Gasteiger partial charge in [-0.2, -0.15) is 0 Å². The van der Waals surface area contributed by atoms with Gasteiger partial charge >= 0.3 is 32.1 Å². The number of carbonyl (C=O) groups excluding carboxylic acids is 6. The fourth-order valence-electron chi connectivity index (χ4n) is 18.8. The number of hydrogen-bond donors (Lipinski definition) is 10. The summed E-state index contributed by atoms with van der Waals surface area (Å²) in [6.45, 7) is 35.6. The maximum absolute atomic E-state index is 14.0. The summed E-state index contributed by atoms with van der Waals surface area (Å²) >= 11 is 0. The zero-order chi connectivity index (χ0) is 97.1. The van der Waals surface area contributed by atoms with E-state index in [2.05, 4.69) is 65.7 Å². The largest absolute Gasteiger partial charge is 0.496 e. The standard InChI is InChI=1S/C29H39N5O3.C19H28BNO3.C17H19N3O.C13H23NO3.C12H18BNO2.C7H12O2.C6H11NO2/c1-4-19(2)27(35)33-24(21-11-6-5-7-12-21)29(37)34-18-15-20(3)25(34)28(36)32-23-14-9-8-13-22(23)26-30-16-10-17-31-26;1-13-9-8-10-14(13)17(22)21-16-12-7-6-11-15(16)20-23-18(2,3)19(4,5)24-20;1-12-6-4-8-13(12)17(21)20-15-9-3-2-7-14(15)16-18-10-5-11-19-16;1-3-9(2)12(15)14-11(13(16)17)10-7-5-4-6-8-10;1-11(2)12(3,4)16-13(15-11)9-7-5-6-8-10(9)14;1-5-3-2-4-6(5)7(8)9;1-4-2-3-7-5(4)6(8)9/h8-10,13-14,16-17,19-21,24-25H,4-7,11-12,15,18H2,1-3H3,(H,32,36)(H,33,35);6-7,11-14H,8-10H2,1-5H3,(H,21,22);2-3,5,7,9-13H,4,6,8H2,1H3,(H,20,21);9-11H,3-8H2,1-2H3,(H,14,15)(H,16,17);5-8H,14H2,1-4H3;5-6H,2-4H2,1H3,(H,8,9);4-5,7H,2-3H2,1H3,(H,8,9)/t19-,20+,24+,25+;13-,14-;12-,13-;9-,11+;;5-,6-;4-,5-/m1001.00/s1. The minimum absolute atomic E-state index is 0.00126. The summed E-state index contributed by atoms with van der Waals surface area (Å²) in [5, 5.41) is 44.2. The van der Waals surface area contributed by atoms with Crippen molar-refractivity contribution in [1.82, 2.24) is 40.8 Å². The van der Waals surface area contributed by atoms with E-state index in [0.717, 1.165) is 175 Å². The molecule has 11 N–H and O–H groups in total. The van der Waals surface area contributed by atoms with Gasteiger partial charge in [-0.1, -0.05) is 181 Å². The number of carboxylic acids is 3. The molecule has 28 nitrogen and oxygen atoms in total. The van der Waals surface area contributed by atoms with E-state index in [4.69, 9.17) is 34.6 Å². The summed E-state index contributed by atoms with van der Waals surface area (Å²) in [4.78, 5) is 128. The molecular formula is C103H150B2N12O16. The molecule has 133 heavy (non-hydrogen) atoms. The first-order valence-corrected chi connectivity index (χ1v) is 48.8. The number of nitrogen functional groups attached to an aromatic ring is 1. The zero-order valence-electron chi connectivity index (χ0n) is 81.7. The van der Waals surface area contributed by atoms with Crippen LogP contribution in [0.3, 0.4) is 0 Å². The van der Waals surface area contributed by atoms with E-state index in [-0.39, 0.29) is 107 Å². The normalized spacial score (nSPS) is 24.5. The summed E-state index contributed by atoms with van der Waals surface area (Å²) < 4.78 is 24.1. The Morgan fingerprint density at radius 1 is 0.436 bits per heavy atom. The van der Waals surface area contributed by atoms with E-state index < -0.39 is 54.4 Å². The Bertz CT molecular complexity index is 4720. The Morgan fingerprint density at radius 3 is 1.20 bits per heavy atom. The summed E-state index contributed by atoms with van der Waals surface area (Å²) in [5.41, 5.74) is 10.8. The van der Waals surface area contributed by atoms with Gasteiger partial charge in [-0.25, -0.2) is 24.7 Å². The van der Waals surface area contributed by atoms with Gasteiger partial charge in [0.25, 0.3) is 0 Å². The molecule has 9 fully saturated rings. The van der Waals surface area contributed by atoms with Crippen molar-refractivity contribution in [3.05, 3.63) is 134 Å². The molecule has 30 heteroatoms. The molecule has 4 aromatic carbocycles. The molecule has 724 valence electrons. The predicted octanol–water partition coefficient (Wildman–Crippen LogP) is 16.6. The van der Waals surface area contributed by atoms with Crippen molar-refractivity contribution >= 4 is 101 Å². The lowest BCUT2D eigenvalue weighted by molar-refractivity contribution is -0.144. The quantitative estimate of drug-likeness (QED) is 0.0223. The minimum atomic E-state index is -0.895. The fourth-order valence-corrected chi connectivity index (χ4v) is 18.8. The van der Waals surface area contributed by atoms with E-state index >= 15 is 0 Å². The first kappa shape index (κ1) is 107. The number of carbonyl (C=O) groups is 9. The Kier molecular flexibility index (Phi) is 40.1. The predicted molar refractivity (Wildman–Crippen MR) is 523 cm³/mol. The minimum Gasteiger partial charge on any atom is -0.481 e. The molecule has 4 aliphatic heterocycles. The number of rotatable bonds is 22. The molecular weight excluding hydrogens is 1680 g/mol. The van der Waals surface area contributed by atoms with Gasteiger partial charge in [-0.3, -0.25) is 38.4 Å². The van der Waals surface area contributed by atoms with Crippen LogP contribution in [0.5, 0.6) is 0 Å². The average Bonchev–Trinajstić information content (AvgIpc) is 1.52. The first-order valence-electron chi connectivity index (χ1n) is 48.8. The number of likely N-dealkylation sites (tertiary alicyclic amines) is 1. The van der Waals surface area contributed by atoms with Crippen molar-refractivity contribution in [3.63, 3.8) is 0 Å². The molecule has 4 saturated heterocycles. The molecule has 0 bridgehead atoms. The van der Waals surface area contributed by atoms with E-state index in [0.29, 0.717) is 59.7 Å². The third-order valence-corrected chi connectivity index (χ3v) is 29.3. The molecule has 6 heterocycles. The van der Waals surface area contributed by atoms with Gasteiger partial charge in [0.15, 0.2) is 11.6 Å². The lowest BCUT2D eigenvalue weighted by Gasteiger charge is -2.35. The zero-order valence-corrected chi connectivity index (χ0v) is 81.7. The topological polar surface area (TPSA) is 404 Å². The van der Waals surface area contributed by atoms with E-state index in [9.17, 15) is 48.3 Å². The van der Waals surface area contributed by atoms with Crippen LogP contribution in [-0.2, 0) is 61.8 Å². The smallest absolute Gasteiger partial charge is 0.481 e. The maximum atomic E-state index is 14.0. The number of benzene rings is 4. The Morgan fingerprint density at radius 2 is 0.820 bits per heavy atom. The van der Waals surface area contributed by atoms with Gasteiger partial charge in [-0.05, 0) is 242 Å². The lowest BCUT2D eigenvalue weighted by atomic mass is 9.77. The second-order valence-corrected chi connectivity index (χ2v) is 40.0. The highest BCUT2D eigenvalue weighted by Crippen LogP contribution is 2.42. The van der Waals surface area contributed by atoms with Crippen LogP contribution in [0.1, 0.15) is 265 Å². The van der Waals surface area contributed by atoms with Crippen LogP contribution in [0.15, 0.2) is 134 Å². The van der Waals surface area contributed by atoms with Gasteiger partial charge in [0, 0.05) is 88.4 Å². The van der Waals surface area contributed by atoms with Crippen molar-refractivity contribution in [3.8, 4) is 22.8 Å². The fraction of sp³-hybridized carbons (Fsp3) is 0.602. The second kappa shape index (κ2) is 50.0.